The number of carbonyl (C=O) groups excluding carboxylic acids is 2. The summed E-state index contributed by atoms with van der Waals surface area (Å²) in [7, 11) is 1.51. The predicted molar refractivity (Wildman–Crippen MR) is 91.5 cm³/mol. The Morgan fingerprint density at radius 1 is 1.19 bits per heavy atom. The van der Waals surface area contributed by atoms with Gasteiger partial charge >= 0.3 is 6.18 Å². The molecule has 2 rings (SSSR count). The SMILES string of the molecule is CNC(=O)c1ccc(/C=C/C(=O)C(C#N)c2ccc(C(F)(F)F)cn2)cc1. The first-order chi connectivity index (χ1) is 12.8. The van der Waals surface area contributed by atoms with Crippen LogP contribution in [0, 0.1) is 11.3 Å². The molecule has 8 heteroatoms. The minimum Gasteiger partial charge on any atom is -0.355 e. The van der Waals surface area contributed by atoms with Crippen molar-refractivity contribution < 1.29 is 22.8 Å². The number of nitrogens with zero attached hydrogens (tertiary/aromatic N) is 2. The molecule has 1 aromatic heterocycles. The van der Waals surface area contributed by atoms with E-state index in [2.05, 4.69) is 10.3 Å². The van der Waals surface area contributed by atoms with Gasteiger partial charge in [-0.2, -0.15) is 18.4 Å². The molecule has 1 aromatic carbocycles. The lowest BCUT2D eigenvalue weighted by atomic mass is 9.99. The molecule has 0 fully saturated rings. The largest absolute Gasteiger partial charge is 0.417 e. The molecule has 0 spiro atoms. The topological polar surface area (TPSA) is 82.9 Å². The Bertz CT molecular complexity index is 896. The van der Waals surface area contributed by atoms with E-state index in [1.165, 1.54) is 13.1 Å². The molecule has 0 bridgehead atoms. The second-order valence-electron chi connectivity index (χ2n) is 5.47. The number of allylic oxidation sites excluding steroid dienone is 1. The average molecular weight is 373 g/mol. The van der Waals surface area contributed by atoms with Crippen LogP contribution in [-0.4, -0.2) is 23.7 Å². The van der Waals surface area contributed by atoms with Crippen molar-refractivity contribution in [1.29, 1.82) is 5.26 Å². The van der Waals surface area contributed by atoms with E-state index < -0.39 is 23.4 Å². The fraction of sp³-hybridized carbons (Fsp3) is 0.158. The Labute approximate surface area is 153 Å². The number of carbonyl (C=O) groups is 2. The summed E-state index contributed by atoms with van der Waals surface area (Å²) in [5.41, 5.74) is 0.0511. The van der Waals surface area contributed by atoms with E-state index >= 15 is 0 Å². The fourth-order valence-corrected chi connectivity index (χ4v) is 2.18. The highest BCUT2D eigenvalue weighted by Gasteiger charge is 2.31. The molecule has 1 N–H and O–H groups in total. The van der Waals surface area contributed by atoms with Crippen LogP contribution in [-0.2, 0) is 11.0 Å². The highest BCUT2D eigenvalue weighted by atomic mass is 19.4. The van der Waals surface area contributed by atoms with Gasteiger partial charge in [0.1, 0.15) is 0 Å². The van der Waals surface area contributed by atoms with Crippen LogP contribution in [0.5, 0.6) is 0 Å². The van der Waals surface area contributed by atoms with Crippen molar-refractivity contribution >= 4 is 17.8 Å². The third kappa shape index (κ3) is 5.01. The maximum Gasteiger partial charge on any atom is 0.417 e. The number of hydrogen-bond acceptors (Lipinski definition) is 4. The van der Waals surface area contributed by atoms with Gasteiger partial charge in [0.05, 0.1) is 17.3 Å². The summed E-state index contributed by atoms with van der Waals surface area (Å²) in [5.74, 6) is -2.17. The molecule has 0 radical (unpaired) electrons. The number of halogens is 3. The normalized spacial score (nSPS) is 12.4. The highest BCUT2D eigenvalue weighted by molar-refractivity contribution is 6.00. The molecule has 138 valence electrons. The smallest absolute Gasteiger partial charge is 0.355 e. The van der Waals surface area contributed by atoms with Crippen molar-refractivity contribution in [3.8, 4) is 6.07 Å². The van der Waals surface area contributed by atoms with E-state index in [1.54, 1.807) is 30.3 Å². The van der Waals surface area contributed by atoms with Crippen LogP contribution in [0.15, 0.2) is 48.7 Å². The van der Waals surface area contributed by atoms with Crippen molar-refractivity contribution in [3.05, 3.63) is 71.1 Å². The molecular weight excluding hydrogens is 359 g/mol. The maximum atomic E-state index is 12.6. The monoisotopic (exact) mass is 373 g/mol. The molecule has 0 aliphatic heterocycles. The van der Waals surface area contributed by atoms with Gasteiger partial charge in [-0.15, -0.1) is 0 Å². The standard InChI is InChI=1S/C19H14F3N3O2/c1-24-18(27)13-5-2-12(3-6-13)4-9-17(26)15(10-23)16-8-7-14(11-25-16)19(20,21)22/h2-9,11,15H,1H3,(H,24,27)/b9-4+. The van der Waals surface area contributed by atoms with Gasteiger partial charge in [0, 0.05) is 18.8 Å². The van der Waals surface area contributed by atoms with Crippen molar-refractivity contribution in [2.45, 2.75) is 12.1 Å². The molecule has 27 heavy (non-hydrogen) atoms. The molecule has 1 atom stereocenters. The zero-order valence-corrected chi connectivity index (χ0v) is 14.1. The quantitative estimate of drug-likeness (QED) is 0.815. The second-order valence-corrected chi connectivity index (χ2v) is 5.47. The van der Waals surface area contributed by atoms with Gasteiger partial charge in [-0.25, -0.2) is 0 Å². The van der Waals surface area contributed by atoms with Gasteiger partial charge in [0.2, 0.25) is 0 Å². The molecular formula is C19H14F3N3O2. The average Bonchev–Trinajstić information content (AvgIpc) is 2.66. The molecule has 5 nitrogen and oxygen atoms in total. The lowest BCUT2D eigenvalue weighted by Gasteiger charge is -2.08. The summed E-state index contributed by atoms with van der Waals surface area (Å²) >= 11 is 0. The first-order valence-electron chi connectivity index (χ1n) is 7.73. The van der Waals surface area contributed by atoms with E-state index in [0.717, 1.165) is 18.2 Å². The molecule has 0 saturated carbocycles. The van der Waals surface area contributed by atoms with Gasteiger partial charge in [0.25, 0.3) is 5.91 Å². The van der Waals surface area contributed by atoms with Gasteiger partial charge < -0.3 is 5.32 Å². The lowest BCUT2D eigenvalue weighted by Crippen LogP contribution is -2.17. The minimum absolute atomic E-state index is 0.0601. The van der Waals surface area contributed by atoms with E-state index in [4.69, 9.17) is 0 Å². The third-order valence-corrected chi connectivity index (χ3v) is 3.66. The van der Waals surface area contributed by atoms with Crippen LogP contribution < -0.4 is 5.32 Å². The van der Waals surface area contributed by atoms with Gasteiger partial charge in [-0.05, 0) is 35.9 Å². The van der Waals surface area contributed by atoms with Crippen molar-refractivity contribution in [2.24, 2.45) is 0 Å². The van der Waals surface area contributed by atoms with Crippen molar-refractivity contribution in [1.82, 2.24) is 10.3 Å². The van der Waals surface area contributed by atoms with Gasteiger partial charge in [-0.3, -0.25) is 14.6 Å². The number of pyridine rings is 1. The third-order valence-electron chi connectivity index (χ3n) is 3.66. The van der Waals surface area contributed by atoms with Gasteiger partial charge in [0.15, 0.2) is 11.7 Å². The molecule has 0 saturated heterocycles. The summed E-state index contributed by atoms with van der Waals surface area (Å²) in [6, 6.07) is 9.92. The lowest BCUT2D eigenvalue weighted by molar-refractivity contribution is -0.137. The maximum absolute atomic E-state index is 12.6. The van der Waals surface area contributed by atoms with Crippen LogP contribution >= 0.6 is 0 Å². The molecule has 1 unspecified atom stereocenters. The van der Waals surface area contributed by atoms with Crippen LogP contribution in [0.3, 0.4) is 0 Å². The van der Waals surface area contributed by atoms with E-state index in [9.17, 15) is 28.0 Å². The fourth-order valence-electron chi connectivity index (χ4n) is 2.18. The number of alkyl halides is 3. The molecule has 0 aliphatic carbocycles. The number of ketones is 1. The van der Waals surface area contributed by atoms with Crippen LogP contribution in [0.4, 0.5) is 13.2 Å². The van der Waals surface area contributed by atoms with Crippen molar-refractivity contribution in [2.75, 3.05) is 7.05 Å². The molecule has 1 heterocycles. The summed E-state index contributed by atoms with van der Waals surface area (Å²) in [5, 5.41) is 11.7. The Hall–Kier alpha value is -3.47. The Kier molecular flexibility index (Phi) is 6.08. The summed E-state index contributed by atoms with van der Waals surface area (Å²) in [6.07, 6.45) is -1.35. The number of aromatic nitrogens is 1. The zero-order valence-electron chi connectivity index (χ0n) is 14.1. The minimum atomic E-state index is -4.54. The van der Waals surface area contributed by atoms with E-state index in [1.807, 2.05) is 0 Å². The molecule has 2 aromatic rings. The number of amides is 1. The number of nitriles is 1. The number of hydrogen-bond donors (Lipinski definition) is 1. The number of nitrogens with one attached hydrogen (secondary N) is 1. The predicted octanol–water partition coefficient (Wildman–Crippen LogP) is 3.35. The van der Waals surface area contributed by atoms with Crippen LogP contribution in [0.2, 0.25) is 0 Å². The van der Waals surface area contributed by atoms with Crippen LogP contribution in [0.1, 0.15) is 33.1 Å². The molecule has 1 amide bonds. The van der Waals surface area contributed by atoms with E-state index in [-0.39, 0.29) is 11.6 Å². The van der Waals surface area contributed by atoms with Gasteiger partial charge in [-0.1, -0.05) is 18.2 Å². The van der Waals surface area contributed by atoms with E-state index in [0.29, 0.717) is 17.3 Å². The van der Waals surface area contributed by atoms with Crippen LogP contribution in [0.25, 0.3) is 6.08 Å². The summed E-state index contributed by atoms with van der Waals surface area (Å²) < 4.78 is 37.7. The first kappa shape index (κ1) is 19.8. The number of benzene rings is 1. The first-order valence-corrected chi connectivity index (χ1v) is 7.73. The Morgan fingerprint density at radius 2 is 1.85 bits per heavy atom. The summed E-state index contributed by atoms with van der Waals surface area (Å²) in [4.78, 5) is 27.3. The number of rotatable bonds is 5. The molecule has 0 aliphatic rings. The Balaban J connectivity index is 2.14. The van der Waals surface area contributed by atoms with Crippen molar-refractivity contribution in [3.63, 3.8) is 0 Å². The zero-order chi connectivity index (χ0) is 20.0. The highest BCUT2D eigenvalue weighted by Crippen LogP contribution is 2.29. The summed E-state index contributed by atoms with van der Waals surface area (Å²) in [6.45, 7) is 0. The Morgan fingerprint density at radius 3 is 2.33 bits per heavy atom. The second kappa shape index (κ2) is 8.27.